The van der Waals surface area contributed by atoms with Gasteiger partial charge in [0.15, 0.2) is 0 Å². The maximum absolute atomic E-state index is 12.7. The number of halogens is 3. The summed E-state index contributed by atoms with van der Waals surface area (Å²) in [6.07, 6.45) is -3.85. The van der Waals surface area contributed by atoms with Gasteiger partial charge in [0.1, 0.15) is 5.69 Å². The number of rotatable bonds is 4. The maximum atomic E-state index is 12.7. The summed E-state index contributed by atoms with van der Waals surface area (Å²) in [5.41, 5.74) is 1.45. The Labute approximate surface area is 128 Å². The summed E-state index contributed by atoms with van der Waals surface area (Å²) in [4.78, 5) is 8.30. The van der Waals surface area contributed by atoms with Crippen molar-refractivity contribution in [2.45, 2.75) is 45.2 Å². The zero-order valence-electron chi connectivity index (χ0n) is 12.9. The molecule has 0 aromatic carbocycles. The summed E-state index contributed by atoms with van der Waals surface area (Å²) in [7, 11) is 0. The molecule has 118 valence electrons. The van der Waals surface area contributed by atoms with Crippen LogP contribution < -0.4 is 0 Å². The fraction of sp³-hybridized carbons (Fsp3) is 0.412. The van der Waals surface area contributed by atoms with E-state index in [-0.39, 0.29) is 5.92 Å². The fourth-order valence-electron chi connectivity index (χ4n) is 2.24. The van der Waals surface area contributed by atoms with Crippen LogP contribution in [-0.4, -0.2) is 9.97 Å². The van der Waals surface area contributed by atoms with Gasteiger partial charge in [0.05, 0.1) is 0 Å². The van der Waals surface area contributed by atoms with Crippen LogP contribution in [0, 0.1) is 0 Å². The minimum absolute atomic E-state index is 0.128. The van der Waals surface area contributed by atoms with Gasteiger partial charge in [-0.05, 0) is 36.6 Å². The molecule has 2 aromatic rings. The highest BCUT2D eigenvalue weighted by molar-refractivity contribution is 5.20. The van der Waals surface area contributed by atoms with Crippen molar-refractivity contribution < 1.29 is 13.2 Å². The van der Waals surface area contributed by atoms with Gasteiger partial charge in [0.2, 0.25) is 0 Å². The topological polar surface area (TPSA) is 25.8 Å². The van der Waals surface area contributed by atoms with Crippen LogP contribution in [0.25, 0.3) is 0 Å². The summed E-state index contributed by atoms with van der Waals surface area (Å²) in [5, 5.41) is 0. The minimum atomic E-state index is -4.41. The summed E-state index contributed by atoms with van der Waals surface area (Å²) in [6.45, 7) is 5.99. The first-order valence-electron chi connectivity index (χ1n) is 7.27. The Kier molecular flexibility index (Phi) is 4.84. The van der Waals surface area contributed by atoms with E-state index in [1.54, 1.807) is 6.07 Å². The highest BCUT2D eigenvalue weighted by atomic mass is 19.4. The quantitative estimate of drug-likeness (QED) is 0.797. The Bertz CT molecular complexity index is 636. The van der Waals surface area contributed by atoms with Gasteiger partial charge in [0.25, 0.3) is 0 Å². The lowest BCUT2D eigenvalue weighted by Crippen LogP contribution is -2.11. The van der Waals surface area contributed by atoms with Gasteiger partial charge >= 0.3 is 6.18 Å². The van der Waals surface area contributed by atoms with Gasteiger partial charge in [-0.15, -0.1) is 0 Å². The Morgan fingerprint density at radius 3 is 2.18 bits per heavy atom. The number of hydrogen-bond donors (Lipinski definition) is 0. The zero-order valence-corrected chi connectivity index (χ0v) is 12.9. The molecule has 0 fully saturated rings. The minimum Gasteiger partial charge on any atom is -0.258 e. The Morgan fingerprint density at radius 1 is 0.909 bits per heavy atom. The van der Waals surface area contributed by atoms with Gasteiger partial charge in [-0.1, -0.05) is 32.9 Å². The normalized spacial score (nSPS) is 13.4. The van der Waals surface area contributed by atoms with E-state index in [0.29, 0.717) is 18.0 Å². The van der Waals surface area contributed by atoms with Gasteiger partial charge in [0, 0.05) is 23.0 Å². The van der Waals surface area contributed by atoms with E-state index in [0.717, 1.165) is 17.5 Å². The van der Waals surface area contributed by atoms with Crippen molar-refractivity contribution in [3.63, 3.8) is 0 Å². The number of pyridine rings is 2. The van der Waals surface area contributed by atoms with E-state index in [2.05, 4.69) is 23.8 Å². The largest absolute Gasteiger partial charge is 0.433 e. The van der Waals surface area contributed by atoms with Crippen LogP contribution >= 0.6 is 0 Å². The smallest absolute Gasteiger partial charge is 0.258 e. The van der Waals surface area contributed by atoms with E-state index in [9.17, 15) is 13.2 Å². The van der Waals surface area contributed by atoms with Gasteiger partial charge in [-0.2, -0.15) is 13.2 Å². The number of nitrogens with zero attached hydrogens (tertiary/aromatic N) is 2. The molecule has 2 nitrogen and oxygen atoms in total. The van der Waals surface area contributed by atoms with Crippen LogP contribution in [0.1, 0.15) is 55.4 Å². The van der Waals surface area contributed by atoms with Crippen molar-refractivity contribution in [1.29, 1.82) is 0 Å². The van der Waals surface area contributed by atoms with Crippen LogP contribution in [0.3, 0.4) is 0 Å². The lowest BCUT2D eigenvalue weighted by Gasteiger charge is -2.14. The predicted octanol–water partition coefficient (Wildman–Crippen LogP) is 4.97. The number of alkyl halides is 3. The standard InChI is InChI=1S/C17H19F3N2/c1-11(2)14-7-4-6-13(21-14)10-12(3)15-8-5-9-16(22-15)17(18,19)20/h4-9,11-12H,10H2,1-3H3. The average molecular weight is 308 g/mol. The molecule has 2 heterocycles. The average Bonchev–Trinajstić information content (AvgIpc) is 2.46. The van der Waals surface area contributed by atoms with Crippen LogP contribution in [0.15, 0.2) is 36.4 Å². The third-order valence-electron chi connectivity index (χ3n) is 3.50. The van der Waals surface area contributed by atoms with Crippen molar-refractivity contribution in [2.24, 2.45) is 0 Å². The lowest BCUT2D eigenvalue weighted by molar-refractivity contribution is -0.141. The molecule has 0 aliphatic heterocycles. The summed E-state index contributed by atoms with van der Waals surface area (Å²) >= 11 is 0. The second-order valence-corrected chi connectivity index (χ2v) is 5.76. The van der Waals surface area contributed by atoms with Crippen LogP contribution in [0.2, 0.25) is 0 Å². The molecule has 5 heteroatoms. The first kappa shape index (κ1) is 16.5. The van der Waals surface area contributed by atoms with E-state index in [1.165, 1.54) is 6.07 Å². The second kappa shape index (κ2) is 6.46. The third kappa shape index (κ3) is 4.06. The molecule has 1 unspecified atom stereocenters. The predicted molar refractivity (Wildman–Crippen MR) is 79.7 cm³/mol. The molecule has 0 aliphatic carbocycles. The van der Waals surface area contributed by atoms with E-state index in [4.69, 9.17) is 0 Å². The molecule has 1 atom stereocenters. The molecule has 2 rings (SSSR count). The SMILES string of the molecule is CC(C)c1cccc(CC(C)c2cccc(C(F)(F)F)n2)n1. The van der Waals surface area contributed by atoms with E-state index >= 15 is 0 Å². The van der Waals surface area contributed by atoms with Crippen molar-refractivity contribution in [3.05, 3.63) is 59.2 Å². The molecular formula is C17H19F3N2. The van der Waals surface area contributed by atoms with Crippen LogP contribution in [-0.2, 0) is 12.6 Å². The van der Waals surface area contributed by atoms with Crippen molar-refractivity contribution in [1.82, 2.24) is 9.97 Å². The highest BCUT2D eigenvalue weighted by Crippen LogP contribution is 2.29. The summed E-state index contributed by atoms with van der Waals surface area (Å²) in [6, 6.07) is 9.82. The highest BCUT2D eigenvalue weighted by Gasteiger charge is 2.32. The molecule has 0 saturated heterocycles. The number of aromatic nitrogens is 2. The van der Waals surface area contributed by atoms with Crippen molar-refractivity contribution >= 4 is 0 Å². The Morgan fingerprint density at radius 2 is 1.55 bits per heavy atom. The monoisotopic (exact) mass is 308 g/mol. The lowest BCUT2D eigenvalue weighted by atomic mass is 9.99. The second-order valence-electron chi connectivity index (χ2n) is 5.76. The molecule has 2 aromatic heterocycles. The third-order valence-corrected chi connectivity index (χ3v) is 3.50. The van der Waals surface area contributed by atoms with Crippen molar-refractivity contribution in [2.75, 3.05) is 0 Å². The summed E-state index contributed by atoms with van der Waals surface area (Å²) in [5.74, 6) is 0.194. The summed E-state index contributed by atoms with van der Waals surface area (Å²) < 4.78 is 38.2. The van der Waals surface area contributed by atoms with Gasteiger partial charge < -0.3 is 0 Å². The van der Waals surface area contributed by atoms with Crippen LogP contribution in [0.4, 0.5) is 13.2 Å². The van der Waals surface area contributed by atoms with Crippen molar-refractivity contribution in [3.8, 4) is 0 Å². The molecule has 0 spiro atoms. The Hall–Kier alpha value is -1.91. The first-order valence-corrected chi connectivity index (χ1v) is 7.27. The van der Waals surface area contributed by atoms with Gasteiger partial charge in [-0.3, -0.25) is 4.98 Å². The first-order chi connectivity index (χ1) is 10.3. The van der Waals surface area contributed by atoms with Crippen LogP contribution in [0.5, 0.6) is 0 Å². The molecule has 0 saturated carbocycles. The zero-order chi connectivity index (χ0) is 16.3. The molecule has 0 amide bonds. The van der Waals surface area contributed by atoms with Gasteiger partial charge in [-0.25, -0.2) is 4.98 Å². The molecule has 0 radical (unpaired) electrons. The van der Waals surface area contributed by atoms with E-state index < -0.39 is 11.9 Å². The molecule has 22 heavy (non-hydrogen) atoms. The Balaban J connectivity index is 2.19. The molecule has 0 aliphatic rings. The molecule has 0 bridgehead atoms. The molecular weight excluding hydrogens is 289 g/mol. The molecule has 0 N–H and O–H groups in total. The van der Waals surface area contributed by atoms with E-state index in [1.807, 2.05) is 25.1 Å². The maximum Gasteiger partial charge on any atom is 0.433 e. The fourth-order valence-corrected chi connectivity index (χ4v) is 2.24. The number of hydrogen-bond acceptors (Lipinski definition) is 2.